The second kappa shape index (κ2) is 4.51. The normalized spacial score (nSPS) is 21.8. The lowest BCUT2D eigenvalue weighted by Gasteiger charge is -2.24. The van der Waals surface area contributed by atoms with Gasteiger partial charge in [0, 0.05) is 0 Å². The van der Waals surface area contributed by atoms with E-state index in [1.54, 1.807) is 20.8 Å². The molecule has 1 atom stereocenters. The molecule has 1 amide bonds. The van der Waals surface area contributed by atoms with Crippen molar-refractivity contribution in [2.75, 3.05) is 6.61 Å². The highest BCUT2D eigenvalue weighted by Gasteiger charge is 2.27. The summed E-state index contributed by atoms with van der Waals surface area (Å²) in [4.78, 5) is 22.5. The van der Waals surface area contributed by atoms with E-state index in [2.05, 4.69) is 5.32 Å². The van der Waals surface area contributed by atoms with Gasteiger partial charge in [0.2, 0.25) is 0 Å². The van der Waals surface area contributed by atoms with Crippen molar-refractivity contribution in [3.63, 3.8) is 0 Å². The molecule has 0 radical (unpaired) electrons. The van der Waals surface area contributed by atoms with Crippen molar-refractivity contribution in [1.29, 1.82) is 0 Å². The van der Waals surface area contributed by atoms with Crippen molar-refractivity contribution in [2.24, 2.45) is 0 Å². The zero-order chi connectivity index (χ0) is 11.5. The van der Waals surface area contributed by atoms with Crippen LogP contribution in [0.3, 0.4) is 0 Å². The average Bonchev–Trinajstić information content (AvgIpc) is 2.05. The molecule has 5 heteroatoms. The van der Waals surface area contributed by atoms with Crippen molar-refractivity contribution >= 4 is 12.1 Å². The molecule has 0 aromatic heterocycles. The minimum absolute atomic E-state index is 0.382. The number of hydrogen-bond acceptors (Lipinski definition) is 4. The highest BCUT2D eigenvalue weighted by molar-refractivity contribution is 5.81. The number of carbonyl (C=O) groups excluding carboxylic acids is 2. The van der Waals surface area contributed by atoms with Crippen LogP contribution in [0.4, 0.5) is 4.79 Å². The second-order valence-electron chi connectivity index (χ2n) is 4.51. The average molecular weight is 215 g/mol. The maximum Gasteiger partial charge on any atom is 0.408 e. The highest BCUT2D eigenvalue weighted by Crippen LogP contribution is 2.10. The summed E-state index contributed by atoms with van der Waals surface area (Å²) in [5.41, 5.74) is -0.553. The molecule has 15 heavy (non-hydrogen) atoms. The van der Waals surface area contributed by atoms with Crippen molar-refractivity contribution in [2.45, 2.75) is 45.3 Å². The quantitative estimate of drug-likeness (QED) is 0.668. The van der Waals surface area contributed by atoms with E-state index in [9.17, 15) is 9.59 Å². The number of amides is 1. The Bertz CT molecular complexity index is 257. The first-order valence-corrected chi connectivity index (χ1v) is 5.04. The number of rotatable bonds is 1. The lowest BCUT2D eigenvalue weighted by Crippen LogP contribution is -2.46. The summed E-state index contributed by atoms with van der Waals surface area (Å²) in [5.74, 6) is -0.382. The zero-order valence-electron chi connectivity index (χ0n) is 9.33. The molecule has 1 aliphatic rings. The number of ether oxygens (including phenoxy) is 2. The van der Waals surface area contributed by atoms with Crippen LogP contribution in [-0.2, 0) is 14.3 Å². The molecule has 1 heterocycles. The van der Waals surface area contributed by atoms with Gasteiger partial charge in [-0.1, -0.05) is 0 Å². The van der Waals surface area contributed by atoms with E-state index in [4.69, 9.17) is 9.47 Å². The van der Waals surface area contributed by atoms with Gasteiger partial charge in [-0.2, -0.15) is 0 Å². The van der Waals surface area contributed by atoms with Crippen molar-refractivity contribution in [1.82, 2.24) is 5.32 Å². The second-order valence-corrected chi connectivity index (χ2v) is 4.51. The molecule has 1 fully saturated rings. The van der Waals surface area contributed by atoms with Crippen LogP contribution in [0.25, 0.3) is 0 Å². The van der Waals surface area contributed by atoms with Gasteiger partial charge >= 0.3 is 12.1 Å². The topological polar surface area (TPSA) is 64.6 Å². The minimum atomic E-state index is -0.577. The maximum absolute atomic E-state index is 11.3. The Morgan fingerprint density at radius 1 is 1.53 bits per heavy atom. The highest BCUT2D eigenvalue weighted by atomic mass is 16.6. The standard InChI is InChI=1S/C10H17NO4/c1-10(2,3)15-9(13)11-7-5-4-6-14-8(7)12/h7H,4-6H2,1-3H3,(H,11,13). The van der Waals surface area contributed by atoms with Crippen molar-refractivity contribution in [3.8, 4) is 0 Å². The number of esters is 1. The van der Waals surface area contributed by atoms with E-state index in [-0.39, 0.29) is 5.97 Å². The first-order chi connectivity index (χ1) is 6.88. The van der Waals surface area contributed by atoms with Gasteiger partial charge in [0.1, 0.15) is 11.6 Å². The summed E-state index contributed by atoms with van der Waals surface area (Å²) < 4.78 is 9.84. The summed E-state index contributed by atoms with van der Waals surface area (Å²) >= 11 is 0. The van der Waals surface area contributed by atoms with Gasteiger partial charge in [0.05, 0.1) is 6.61 Å². The summed E-state index contributed by atoms with van der Waals surface area (Å²) in [6, 6.07) is -0.561. The number of nitrogens with one attached hydrogen (secondary N) is 1. The summed E-state index contributed by atoms with van der Waals surface area (Å²) in [5, 5.41) is 2.49. The molecule has 1 aliphatic heterocycles. The SMILES string of the molecule is CC(C)(C)OC(=O)NC1CCCOC1=O. The molecule has 0 saturated carbocycles. The molecule has 0 aromatic carbocycles. The molecule has 0 bridgehead atoms. The predicted molar refractivity (Wildman–Crippen MR) is 53.4 cm³/mol. The van der Waals surface area contributed by atoms with Crippen LogP contribution in [0.2, 0.25) is 0 Å². The third-order valence-electron chi connectivity index (χ3n) is 1.86. The van der Waals surface area contributed by atoms with E-state index in [1.807, 2.05) is 0 Å². The number of cyclic esters (lactones) is 1. The molecule has 1 rings (SSSR count). The largest absolute Gasteiger partial charge is 0.464 e. The molecule has 86 valence electrons. The first kappa shape index (κ1) is 11.8. The molecule has 0 spiro atoms. The van der Waals surface area contributed by atoms with E-state index >= 15 is 0 Å². The van der Waals surface area contributed by atoms with Gasteiger partial charge in [0.25, 0.3) is 0 Å². The van der Waals surface area contributed by atoms with Crippen molar-refractivity contribution < 1.29 is 19.1 Å². The third kappa shape index (κ3) is 4.18. The van der Waals surface area contributed by atoms with Crippen LogP contribution in [0, 0.1) is 0 Å². The minimum Gasteiger partial charge on any atom is -0.464 e. The monoisotopic (exact) mass is 215 g/mol. The molecular formula is C10H17NO4. The fraction of sp³-hybridized carbons (Fsp3) is 0.800. The Kier molecular flexibility index (Phi) is 3.55. The fourth-order valence-corrected chi connectivity index (χ4v) is 1.26. The van der Waals surface area contributed by atoms with Gasteiger partial charge in [-0.05, 0) is 33.6 Å². The van der Waals surface area contributed by atoms with Crippen LogP contribution in [0.15, 0.2) is 0 Å². The van der Waals surface area contributed by atoms with Gasteiger partial charge in [-0.3, -0.25) is 0 Å². The van der Waals surface area contributed by atoms with Crippen LogP contribution < -0.4 is 5.32 Å². The molecule has 1 N–H and O–H groups in total. The first-order valence-electron chi connectivity index (χ1n) is 5.04. The van der Waals surface area contributed by atoms with E-state index in [0.29, 0.717) is 13.0 Å². The lowest BCUT2D eigenvalue weighted by molar-refractivity contribution is -0.149. The molecule has 1 saturated heterocycles. The van der Waals surface area contributed by atoms with E-state index in [0.717, 1.165) is 6.42 Å². The Morgan fingerprint density at radius 3 is 2.73 bits per heavy atom. The molecule has 5 nitrogen and oxygen atoms in total. The smallest absolute Gasteiger partial charge is 0.408 e. The molecule has 0 aromatic rings. The number of hydrogen-bond donors (Lipinski definition) is 1. The van der Waals surface area contributed by atoms with Gasteiger partial charge in [-0.25, -0.2) is 9.59 Å². The van der Waals surface area contributed by atoms with Crippen LogP contribution in [-0.4, -0.2) is 30.3 Å². The van der Waals surface area contributed by atoms with Crippen LogP contribution in [0.5, 0.6) is 0 Å². The number of carbonyl (C=O) groups is 2. The Balaban J connectivity index is 2.40. The predicted octanol–water partition coefficient (Wildman–Crippen LogP) is 1.22. The van der Waals surface area contributed by atoms with Crippen LogP contribution in [0.1, 0.15) is 33.6 Å². The summed E-state index contributed by atoms with van der Waals surface area (Å²) in [6.45, 7) is 5.74. The van der Waals surface area contributed by atoms with Crippen LogP contribution >= 0.6 is 0 Å². The molecule has 0 aliphatic carbocycles. The van der Waals surface area contributed by atoms with E-state index < -0.39 is 17.7 Å². The van der Waals surface area contributed by atoms with Crippen molar-refractivity contribution in [3.05, 3.63) is 0 Å². The maximum atomic E-state index is 11.3. The number of alkyl carbamates (subject to hydrolysis) is 1. The Labute approximate surface area is 89.1 Å². The lowest BCUT2D eigenvalue weighted by atomic mass is 10.1. The van der Waals surface area contributed by atoms with Gasteiger partial charge in [0.15, 0.2) is 0 Å². The van der Waals surface area contributed by atoms with Gasteiger partial charge in [-0.15, -0.1) is 0 Å². The zero-order valence-corrected chi connectivity index (χ0v) is 9.33. The van der Waals surface area contributed by atoms with E-state index in [1.165, 1.54) is 0 Å². The Morgan fingerprint density at radius 2 is 2.20 bits per heavy atom. The fourth-order valence-electron chi connectivity index (χ4n) is 1.26. The summed E-state index contributed by atoms with van der Waals surface area (Å²) in [7, 11) is 0. The van der Waals surface area contributed by atoms with Gasteiger partial charge < -0.3 is 14.8 Å². The summed E-state index contributed by atoms with van der Waals surface area (Å²) in [6.07, 6.45) is 0.802. The molecular weight excluding hydrogens is 198 g/mol. The Hall–Kier alpha value is -1.26. The third-order valence-corrected chi connectivity index (χ3v) is 1.86. The molecule has 1 unspecified atom stereocenters.